The summed E-state index contributed by atoms with van der Waals surface area (Å²) >= 11 is 0. The van der Waals surface area contributed by atoms with Gasteiger partial charge in [-0.2, -0.15) is 0 Å². The van der Waals surface area contributed by atoms with Crippen LogP contribution in [0.15, 0.2) is 18.2 Å². The number of nitrogens with one attached hydrogen (secondary N) is 2. The van der Waals surface area contributed by atoms with Gasteiger partial charge in [0, 0.05) is 24.3 Å². The Morgan fingerprint density at radius 2 is 2.25 bits per heavy atom. The second kappa shape index (κ2) is 6.13. The molecule has 110 valence electrons. The van der Waals surface area contributed by atoms with Crippen molar-refractivity contribution in [2.45, 2.75) is 19.3 Å². The summed E-state index contributed by atoms with van der Waals surface area (Å²) in [6.45, 7) is 0.880. The van der Waals surface area contributed by atoms with E-state index in [9.17, 15) is 13.2 Å². The smallest absolute Gasteiger partial charge is 0.305 e. The van der Waals surface area contributed by atoms with Crippen molar-refractivity contribution in [3.8, 4) is 0 Å². The fourth-order valence-electron chi connectivity index (χ4n) is 2.11. The molecule has 0 atom stereocenters. The molecule has 0 saturated carbocycles. The minimum atomic E-state index is -3.43. The Labute approximate surface area is 118 Å². The lowest BCUT2D eigenvalue weighted by Gasteiger charge is -2.09. The van der Waals surface area contributed by atoms with Gasteiger partial charge in [-0.1, -0.05) is 0 Å². The first kappa shape index (κ1) is 14.6. The summed E-state index contributed by atoms with van der Waals surface area (Å²) in [5.74, 6) is -0.499. The number of sulfonamides is 1. The molecule has 0 spiro atoms. The summed E-state index contributed by atoms with van der Waals surface area (Å²) in [6.07, 6.45) is 1.24. The van der Waals surface area contributed by atoms with E-state index in [4.69, 9.17) is 0 Å². The Bertz CT molecular complexity index is 598. The summed E-state index contributed by atoms with van der Waals surface area (Å²) in [6, 6.07) is 5.44. The molecule has 7 heteroatoms. The van der Waals surface area contributed by atoms with Gasteiger partial charge >= 0.3 is 5.97 Å². The number of fused-ring (bicyclic) bond motifs is 1. The molecule has 0 aromatic heterocycles. The average Bonchev–Trinajstić information content (AvgIpc) is 2.85. The molecule has 1 aliphatic heterocycles. The first-order chi connectivity index (χ1) is 9.50. The van der Waals surface area contributed by atoms with Crippen LogP contribution < -0.4 is 10.0 Å². The second-order valence-corrected chi connectivity index (χ2v) is 6.49. The minimum Gasteiger partial charge on any atom is -0.469 e. The molecule has 2 rings (SSSR count). The van der Waals surface area contributed by atoms with Crippen LogP contribution in [0.3, 0.4) is 0 Å². The Morgan fingerprint density at radius 3 is 3.00 bits per heavy atom. The van der Waals surface area contributed by atoms with Gasteiger partial charge < -0.3 is 10.1 Å². The van der Waals surface area contributed by atoms with Crippen molar-refractivity contribution in [3.05, 3.63) is 23.8 Å². The number of carbonyl (C=O) groups is 1. The van der Waals surface area contributed by atoms with Crippen LogP contribution in [0, 0.1) is 0 Å². The van der Waals surface area contributed by atoms with Crippen LogP contribution in [-0.4, -0.2) is 33.8 Å². The van der Waals surface area contributed by atoms with Crippen LogP contribution in [0.1, 0.15) is 18.4 Å². The maximum Gasteiger partial charge on any atom is 0.305 e. The van der Waals surface area contributed by atoms with Crippen LogP contribution in [0.2, 0.25) is 0 Å². The van der Waals surface area contributed by atoms with Crippen molar-refractivity contribution < 1.29 is 17.9 Å². The summed E-state index contributed by atoms with van der Waals surface area (Å²) in [5, 5.41) is 3.21. The van der Waals surface area contributed by atoms with E-state index in [0.29, 0.717) is 5.69 Å². The first-order valence-electron chi connectivity index (χ1n) is 6.44. The molecule has 0 radical (unpaired) electrons. The van der Waals surface area contributed by atoms with Gasteiger partial charge in [0.25, 0.3) is 0 Å². The van der Waals surface area contributed by atoms with E-state index in [-0.39, 0.29) is 18.6 Å². The SMILES string of the molecule is COC(=O)CCCS(=O)(=O)Nc1ccc2c(c1)CCN2. The van der Waals surface area contributed by atoms with E-state index >= 15 is 0 Å². The predicted molar refractivity (Wildman–Crippen MR) is 77.3 cm³/mol. The highest BCUT2D eigenvalue weighted by Crippen LogP contribution is 2.25. The zero-order valence-corrected chi connectivity index (χ0v) is 12.1. The fourth-order valence-corrected chi connectivity index (χ4v) is 3.22. The monoisotopic (exact) mass is 298 g/mol. The molecule has 1 aromatic carbocycles. The largest absolute Gasteiger partial charge is 0.469 e. The van der Waals surface area contributed by atoms with Crippen LogP contribution in [0.4, 0.5) is 11.4 Å². The molecule has 6 nitrogen and oxygen atoms in total. The van der Waals surface area contributed by atoms with Gasteiger partial charge in [0.05, 0.1) is 12.9 Å². The lowest BCUT2D eigenvalue weighted by atomic mass is 10.1. The number of ether oxygens (including phenoxy) is 1. The Morgan fingerprint density at radius 1 is 1.45 bits per heavy atom. The highest BCUT2D eigenvalue weighted by molar-refractivity contribution is 7.92. The van der Waals surface area contributed by atoms with Gasteiger partial charge in [-0.15, -0.1) is 0 Å². The number of carbonyl (C=O) groups excluding carboxylic acids is 1. The number of hydrogen-bond acceptors (Lipinski definition) is 5. The highest BCUT2D eigenvalue weighted by atomic mass is 32.2. The number of anilines is 2. The normalized spacial score (nSPS) is 13.4. The highest BCUT2D eigenvalue weighted by Gasteiger charge is 2.14. The molecule has 0 fully saturated rings. The molecule has 0 bridgehead atoms. The number of methoxy groups -OCH3 is 1. The van der Waals surface area contributed by atoms with Gasteiger partial charge in [0.15, 0.2) is 0 Å². The molecule has 0 saturated heterocycles. The molecule has 1 heterocycles. The summed E-state index contributed by atoms with van der Waals surface area (Å²) in [7, 11) is -2.15. The summed E-state index contributed by atoms with van der Waals surface area (Å²) in [5.41, 5.74) is 2.73. The van der Waals surface area contributed by atoms with Gasteiger partial charge in [-0.3, -0.25) is 9.52 Å². The predicted octanol–water partition coefficient (Wildman–Crippen LogP) is 1.35. The maximum absolute atomic E-state index is 11.9. The van der Waals surface area contributed by atoms with E-state index in [1.165, 1.54) is 7.11 Å². The maximum atomic E-state index is 11.9. The summed E-state index contributed by atoms with van der Waals surface area (Å²) in [4.78, 5) is 10.9. The van der Waals surface area contributed by atoms with Crippen LogP contribution in [0.25, 0.3) is 0 Å². The lowest BCUT2D eigenvalue weighted by Crippen LogP contribution is -2.17. The molecule has 1 aliphatic rings. The van der Waals surface area contributed by atoms with E-state index in [2.05, 4.69) is 14.8 Å². The molecule has 1 aromatic rings. The quantitative estimate of drug-likeness (QED) is 0.774. The third-order valence-corrected chi connectivity index (χ3v) is 4.48. The molecular formula is C13H18N2O4S. The number of rotatable bonds is 6. The first-order valence-corrected chi connectivity index (χ1v) is 8.09. The number of hydrogen-bond donors (Lipinski definition) is 2. The molecule has 0 aliphatic carbocycles. The fraction of sp³-hybridized carbons (Fsp3) is 0.462. The van der Waals surface area contributed by atoms with E-state index in [0.717, 1.165) is 24.2 Å². The lowest BCUT2D eigenvalue weighted by molar-refractivity contribution is -0.140. The van der Waals surface area contributed by atoms with E-state index in [1.807, 2.05) is 12.1 Å². The van der Waals surface area contributed by atoms with Crippen LogP contribution >= 0.6 is 0 Å². The van der Waals surface area contributed by atoms with Crippen molar-refractivity contribution in [1.29, 1.82) is 0 Å². The van der Waals surface area contributed by atoms with Crippen molar-refractivity contribution in [3.63, 3.8) is 0 Å². The van der Waals surface area contributed by atoms with Crippen LogP contribution in [0.5, 0.6) is 0 Å². The van der Waals surface area contributed by atoms with Gasteiger partial charge in [0.2, 0.25) is 10.0 Å². The standard InChI is InChI=1S/C13H18N2O4S/c1-19-13(16)3-2-8-20(17,18)15-11-4-5-12-10(9-11)6-7-14-12/h4-5,9,14-15H,2-3,6-8H2,1H3. The minimum absolute atomic E-state index is 0.0998. The third kappa shape index (κ3) is 3.86. The molecule has 2 N–H and O–H groups in total. The van der Waals surface area contributed by atoms with Crippen molar-refractivity contribution >= 4 is 27.4 Å². The second-order valence-electron chi connectivity index (χ2n) is 4.65. The van der Waals surface area contributed by atoms with E-state index < -0.39 is 16.0 Å². The molecular weight excluding hydrogens is 280 g/mol. The van der Waals surface area contributed by atoms with E-state index in [1.54, 1.807) is 6.07 Å². The van der Waals surface area contributed by atoms with Gasteiger partial charge in [-0.25, -0.2) is 8.42 Å². The zero-order chi connectivity index (χ0) is 14.6. The van der Waals surface area contributed by atoms with Gasteiger partial charge in [0.1, 0.15) is 0 Å². The summed E-state index contributed by atoms with van der Waals surface area (Å²) < 4.78 is 30.8. The van der Waals surface area contributed by atoms with Crippen LogP contribution in [-0.2, 0) is 26.0 Å². The Balaban J connectivity index is 1.93. The third-order valence-electron chi connectivity index (χ3n) is 3.11. The molecule has 20 heavy (non-hydrogen) atoms. The Hall–Kier alpha value is -1.76. The van der Waals surface area contributed by atoms with Crippen molar-refractivity contribution in [2.24, 2.45) is 0 Å². The zero-order valence-electron chi connectivity index (χ0n) is 11.3. The number of esters is 1. The average molecular weight is 298 g/mol. The topological polar surface area (TPSA) is 84.5 Å². The Kier molecular flexibility index (Phi) is 4.49. The van der Waals surface area contributed by atoms with Gasteiger partial charge in [-0.05, 0) is 36.6 Å². The van der Waals surface area contributed by atoms with Crippen molar-refractivity contribution in [2.75, 3.05) is 29.4 Å². The molecule has 0 amide bonds. The van der Waals surface area contributed by atoms with Crippen molar-refractivity contribution in [1.82, 2.24) is 0 Å². The molecule has 0 unspecified atom stereocenters. The number of benzene rings is 1.